The molecule has 2 rings (SSSR count). The molecule has 1 amide bonds. The Hall–Kier alpha value is -1.63. The monoisotopic (exact) mass is 308 g/mol. The number of hydrogen-bond donors (Lipinski definition) is 1. The Bertz CT molecular complexity index is 495. The maximum atomic E-state index is 12.8. The van der Waals surface area contributed by atoms with Gasteiger partial charge in [0.15, 0.2) is 0 Å². The summed E-state index contributed by atoms with van der Waals surface area (Å²) in [5, 5.41) is 9.01. The zero-order chi connectivity index (χ0) is 15.9. The van der Waals surface area contributed by atoms with Crippen molar-refractivity contribution >= 4 is 5.91 Å². The number of likely N-dealkylation sites (N-methyl/N-ethyl adjacent to an activating group) is 1. The van der Waals surface area contributed by atoms with E-state index in [-0.39, 0.29) is 18.6 Å². The molecule has 0 aliphatic carbocycles. The molecule has 6 heteroatoms. The quantitative estimate of drug-likeness (QED) is 0.827. The summed E-state index contributed by atoms with van der Waals surface area (Å²) in [6.45, 7) is 3.01. The summed E-state index contributed by atoms with van der Waals surface area (Å²) in [5.41, 5.74) is 0.621. The summed E-state index contributed by atoms with van der Waals surface area (Å²) < 4.78 is 10.7. The lowest BCUT2D eigenvalue weighted by Crippen LogP contribution is -2.53. The van der Waals surface area contributed by atoms with Gasteiger partial charge in [0.1, 0.15) is 5.75 Å². The van der Waals surface area contributed by atoms with Crippen molar-refractivity contribution in [3.8, 4) is 5.75 Å². The molecule has 1 aliphatic rings. The minimum absolute atomic E-state index is 0.00963. The van der Waals surface area contributed by atoms with E-state index in [9.17, 15) is 4.79 Å². The lowest BCUT2D eigenvalue weighted by Gasteiger charge is -2.37. The van der Waals surface area contributed by atoms with E-state index in [1.807, 2.05) is 29.0 Å². The number of ether oxygens (including phenoxy) is 2. The van der Waals surface area contributed by atoms with Crippen LogP contribution in [0.25, 0.3) is 0 Å². The first kappa shape index (κ1) is 16.7. The number of benzene rings is 1. The van der Waals surface area contributed by atoms with E-state index in [4.69, 9.17) is 14.6 Å². The second kappa shape index (κ2) is 8.12. The molecule has 1 aromatic carbocycles. The standard InChI is InChI=1S/C16H24N2O4/c1-17(6-8-19)11-14-12-22-9-7-18(14)16(20)13-4-3-5-15(10-13)21-2/h3-5,10,14,19H,6-9,11-12H2,1-2H3/t14-/m1/s1. The molecule has 1 fully saturated rings. The van der Waals surface area contributed by atoms with E-state index >= 15 is 0 Å². The van der Waals surface area contributed by atoms with Gasteiger partial charge >= 0.3 is 0 Å². The van der Waals surface area contributed by atoms with Crippen molar-refractivity contribution < 1.29 is 19.4 Å². The number of morpholine rings is 1. The highest BCUT2D eigenvalue weighted by molar-refractivity contribution is 5.94. The Morgan fingerprint density at radius 2 is 2.36 bits per heavy atom. The highest BCUT2D eigenvalue weighted by Gasteiger charge is 2.29. The van der Waals surface area contributed by atoms with Crippen LogP contribution in [0.5, 0.6) is 5.75 Å². The molecule has 0 unspecified atom stereocenters. The van der Waals surface area contributed by atoms with Gasteiger partial charge in [-0.05, 0) is 25.2 Å². The number of aliphatic hydroxyl groups is 1. The van der Waals surface area contributed by atoms with Gasteiger partial charge in [0.05, 0.1) is 33.0 Å². The number of aliphatic hydroxyl groups excluding tert-OH is 1. The molecule has 1 aromatic rings. The fourth-order valence-corrected chi connectivity index (χ4v) is 2.62. The van der Waals surface area contributed by atoms with E-state index < -0.39 is 0 Å². The van der Waals surface area contributed by atoms with Gasteiger partial charge in [-0.3, -0.25) is 4.79 Å². The maximum Gasteiger partial charge on any atom is 0.254 e. The van der Waals surface area contributed by atoms with Gasteiger partial charge in [0.25, 0.3) is 5.91 Å². The maximum absolute atomic E-state index is 12.8. The van der Waals surface area contributed by atoms with E-state index in [1.54, 1.807) is 19.2 Å². The topological polar surface area (TPSA) is 62.2 Å². The first-order chi connectivity index (χ1) is 10.7. The van der Waals surface area contributed by atoms with Crippen LogP contribution in [-0.2, 0) is 4.74 Å². The lowest BCUT2D eigenvalue weighted by atomic mass is 10.1. The van der Waals surface area contributed by atoms with Crippen LogP contribution in [-0.4, -0.2) is 80.5 Å². The Balaban J connectivity index is 2.10. The summed E-state index contributed by atoms with van der Waals surface area (Å²) in [6.07, 6.45) is 0. The minimum atomic E-state index is -0.0102. The molecule has 1 aliphatic heterocycles. The summed E-state index contributed by atoms with van der Waals surface area (Å²) in [6, 6.07) is 7.19. The van der Waals surface area contributed by atoms with Gasteiger partial charge in [-0.25, -0.2) is 0 Å². The Morgan fingerprint density at radius 1 is 1.55 bits per heavy atom. The van der Waals surface area contributed by atoms with Crippen molar-refractivity contribution in [3.63, 3.8) is 0 Å². The second-order valence-corrected chi connectivity index (χ2v) is 5.45. The molecule has 1 saturated heterocycles. The van der Waals surface area contributed by atoms with Crippen LogP contribution < -0.4 is 4.74 Å². The molecule has 0 saturated carbocycles. The van der Waals surface area contributed by atoms with Gasteiger partial charge in [0.2, 0.25) is 0 Å². The van der Waals surface area contributed by atoms with Crippen molar-refractivity contribution in [2.75, 3.05) is 53.6 Å². The molecule has 1 atom stereocenters. The van der Waals surface area contributed by atoms with Gasteiger partial charge in [-0.1, -0.05) is 6.07 Å². The average molecular weight is 308 g/mol. The number of carbonyl (C=O) groups excluding carboxylic acids is 1. The van der Waals surface area contributed by atoms with Crippen LogP contribution in [0.15, 0.2) is 24.3 Å². The highest BCUT2D eigenvalue weighted by Crippen LogP contribution is 2.17. The molecular weight excluding hydrogens is 284 g/mol. The third kappa shape index (κ3) is 4.19. The molecule has 0 bridgehead atoms. The first-order valence-electron chi connectivity index (χ1n) is 7.48. The highest BCUT2D eigenvalue weighted by atomic mass is 16.5. The molecule has 6 nitrogen and oxygen atoms in total. The summed E-state index contributed by atoms with van der Waals surface area (Å²) in [7, 11) is 3.52. The van der Waals surface area contributed by atoms with Gasteiger partial charge in [0, 0.05) is 25.2 Å². The molecule has 1 N–H and O–H groups in total. The van der Waals surface area contributed by atoms with Crippen molar-refractivity contribution in [3.05, 3.63) is 29.8 Å². The third-order valence-electron chi connectivity index (χ3n) is 3.81. The van der Waals surface area contributed by atoms with Gasteiger partial charge in [-0.2, -0.15) is 0 Å². The van der Waals surface area contributed by atoms with Crippen molar-refractivity contribution in [2.24, 2.45) is 0 Å². The van der Waals surface area contributed by atoms with Crippen LogP contribution in [0.1, 0.15) is 10.4 Å². The smallest absolute Gasteiger partial charge is 0.254 e. The van der Waals surface area contributed by atoms with Gasteiger partial charge in [-0.15, -0.1) is 0 Å². The Kier molecular flexibility index (Phi) is 6.18. The molecule has 0 aromatic heterocycles. The predicted molar refractivity (Wildman–Crippen MR) is 83.2 cm³/mol. The Morgan fingerprint density at radius 3 is 3.09 bits per heavy atom. The largest absolute Gasteiger partial charge is 0.497 e. The van der Waals surface area contributed by atoms with Crippen LogP contribution in [0.3, 0.4) is 0 Å². The summed E-state index contributed by atoms with van der Waals surface area (Å²) in [5.74, 6) is 0.664. The van der Waals surface area contributed by atoms with Crippen molar-refractivity contribution in [1.82, 2.24) is 9.80 Å². The zero-order valence-electron chi connectivity index (χ0n) is 13.2. The SMILES string of the molecule is COc1cccc(C(=O)N2CCOC[C@H]2CN(C)CCO)c1. The summed E-state index contributed by atoms with van der Waals surface area (Å²) >= 11 is 0. The first-order valence-corrected chi connectivity index (χ1v) is 7.48. The molecule has 122 valence electrons. The van der Waals surface area contributed by atoms with E-state index in [2.05, 4.69) is 0 Å². The second-order valence-electron chi connectivity index (χ2n) is 5.45. The molecule has 1 heterocycles. The number of carbonyl (C=O) groups is 1. The summed E-state index contributed by atoms with van der Waals surface area (Å²) in [4.78, 5) is 16.6. The van der Waals surface area contributed by atoms with E-state index in [0.717, 1.165) is 0 Å². The van der Waals surface area contributed by atoms with Crippen LogP contribution >= 0.6 is 0 Å². The number of amides is 1. The Labute approximate surface area is 131 Å². The third-order valence-corrected chi connectivity index (χ3v) is 3.81. The van der Waals surface area contributed by atoms with Crippen molar-refractivity contribution in [2.45, 2.75) is 6.04 Å². The number of methoxy groups -OCH3 is 1. The molecule has 0 radical (unpaired) electrons. The number of nitrogens with zero attached hydrogens (tertiary/aromatic N) is 2. The van der Waals surface area contributed by atoms with Crippen LogP contribution in [0, 0.1) is 0 Å². The van der Waals surface area contributed by atoms with Gasteiger partial charge < -0.3 is 24.4 Å². The normalized spacial score (nSPS) is 18.5. The zero-order valence-corrected chi connectivity index (χ0v) is 13.2. The van der Waals surface area contributed by atoms with Crippen molar-refractivity contribution in [1.29, 1.82) is 0 Å². The fraction of sp³-hybridized carbons (Fsp3) is 0.562. The van der Waals surface area contributed by atoms with Crippen LogP contribution in [0.2, 0.25) is 0 Å². The molecule has 0 spiro atoms. The number of rotatable bonds is 6. The fourth-order valence-electron chi connectivity index (χ4n) is 2.62. The van der Waals surface area contributed by atoms with E-state index in [1.165, 1.54) is 0 Å². The predicted octanol–water partition coefficient (Wildman–Crippen LogP) is 0.460. The van der Waals surface area contributed by atoms with E-state index in [0.29, 0.717) is 44.2 Å². The number of hydrogen-bond acceptors (Lipinski definition) is 5. The average Bonchev–Trinajstić information content (AvgIpc) is 2.55. The molecular formula is C16H24N2O4. The minimum Gasteiger partial charge on any atom is -0.497 e. The lowest BCUT2D eigenvalue weighted by molar-refractivity contribution is -0.0109. The molecule has 22 heavy (non-hydrogen) atoms. The van der Waals surface area contributed by atoms with Crippen LogP contribution in [0.4, 0.5) is 0 Å².